The van der Waals surface area contributed by atoms with Gasteiger partial charge in [0.05, 0.1) is 51.2 Å². The summed E-state index contributed by atoms with van der Waals surface area (Å²) in [5, 5.41) is 10.1. The first-order valence-electron chi connectivity index (χ1n) is 16.4. The minimum absolute atomic E-state index is 0.0593. The molecule has 2 aromatic carbocycles. The molecule has 0 spiro atoms. The van der Waals surface area contributed by atoms with Crippen LogP contribution in [0.2, 0.25) is 0 Å². The largest absolute Gasteiger partial charge is 0.496 e. The molecule has 13 heteroatoms. The van der Waals surface area contributed by atoms with Crippen molar-refractivity contribution < 1.29 is 33.6 Å². The van der Waals surface area contributed by atoms with Crippen molar-refractivity contribution in [2.24, 2.45) is 12.8 Å². The van der Waals surface area contributed by atoms with Gasteiger partial charge in [-0.1, -0.05) is 39.0 Å². The molecule has 3 N–H and O–H groups in total. The number of aromatic nitrogens is 3. The van der Waals surface area contributed by atoms with Crippen LogP contribution in [-0.4, -0.2) is 101 Å². The lowest BCUT2D eigenvalue weighted by Crippen LogP contribution is -2.36. The molecule has 49 heavy (non-hydrogen) atoms. The molecule has 0 radical (unpaired) electrons. The van der Waals surface area contributed by atoms with Crippen LogP contribution in [0, 0.1) is 0 Å². The van der Waals surface area contributed by atoms with Crippen molar-refractivity contribution in [1.82, 2.24) is 24.3 Å². The lowest BCUT2D eigenvalue weighted by Gasteiger charge is -2.29. The molecule has 0 aliphatic carbocycles. The highest BCUT2D eigenvalue weighted by atomic mass is 16.5. The average Bonchev–Trinajstić information content (AvgIpc) is 3.43. The zero-order valence-corrected chi connectivity index (χ0v) is 28.9. The maximum atomic E-state index is 11.8. The molecular formula is C36H46N6O7. The van der Waals surface area contributed by atoms with Gasteiger partial charge in [-0.2, -0.15) is 4.98 Å². The number of para-hydroxylation sites is 1. The minimum Gasteiger partial charge on any atom is -0.496 e. The Kier molecular flexibility index (Phi) is 11.5. The zero-order chi connectivity index (χ0) is 35.1. The summed E-state index contributed by atoms with van der Waals surface area (Å²) < 4.78 is 23.8. The van der Waals surface area contributed by atoms with Crippen LogP contribution >= 0.6 is 0 Å². The van der Waals surface area contributed by atoms with Crippen molar-refractivity contribution >= 4 is 22.8 Å². The van der Waals surface area contributed by atoms with E-state index in [0.717, 1.165) is 75.7 Å². The number of carboxylic acid groups (broad SMARTS) is 1. The van der Waals surface area contributed by atoms with Gasteiger partial charge in [0.15, 0.2) is 5.75 Å². The fourth-order valence-electron chi connectivity index (χ4n) is 5.92. The van der Waals surface area contributed by atoms with Crippen molar-refractivity contribution in [3.05, 3.63) is 76.9 Å². The van der Waals surface area contributed by atoms with E-state index < -0.39 is 11.9 Å². The number of carbonyl (C=O) groups excluding carboxylic acids is 1. The van der Waals surface area contributed by atoms with E-state index in [9.17, 15) is 14.7 Å². The van der Waals surface area contributed by atoms with E-state index in [-0.39, 0.29) is 11.1 Å². The van der Waals surface area contributed by atoms with E-state index in [1.807, 2.05) is 18.2 Å². The molecular weight excluding hydrogens is 628 g/mol. The molecule has 4 heterocycles. The Labute approximate surface area is 286 Å². The van der Waals surface area contributed by atoms with Gasteiger partial charge >= 0.3 is 5.97 Å². The number of carboxylic acids is 1. The topological polar surface area (TPSA) is 154 Å². The van der Waals surface area contributed by atoms with Gasteiger partial charge in [0.1, 0.15) is 17.3 Å². The zero-order valence-electron chi connectivity index (χ0n) is 28.9. The summed E-state index contributed by atoms with van der Waals surface area (Å²) in [4.78, 5) is 36.6. The highest BCUT2D eigenvalue weighted by Crippen LogP contribution is 2.33. The maximum Gasteiger partial charge on any atom is 0.352 e. The molecule has 0 unspecified atom stereocenters. The van der Waals surface area contributed by atoms with Crippen LogP contribution in [0.15, 0.2) is 48.7 Å². The normalized spacial score (nSPS) is 15.8. The van der Waals surface area contributed by atoms with Crippen molar-refractivity contribution in [3.63, 3.8) is 0 Å². The smallest absolute Gasteiger partial charge is 0.352 e. The third kappa shape index (κ3) is 8.92. The second kappa shape index (κ2) is 15.8. The minimum atomic E-state index is -0.977. The number of primary amides is 1. The highest BCUT2D eigenvalue weighted by molar-refractivity contribution is 5.97. The summed E-state index contributed by atoms with van der Waals surface area (Å²) >= 11 is 0. The molecule has 0 bridgehead atoms. The molecule has 262 valence electrons. The van der Waals surface area contributed by atoms with Crippen LogP contribution in [0.25, 0.3) is 10.9 Å². The van der Waals surface area contributed by atoms with E-state index in [2.05, 4.69) is 46.6 Å². The molecule has 13 nitrogen and oxygen atoms in total. The Morgan fingerprint density at radius 1 is 0.959 bits per heavy atom. The van der Waals surface area contributed by atoms with Gasteiger partial charge in [-0.25, -0.2) is 9.78 Å². The van der Waals surface area contributed by atoms with Crippen LogP contribution in [0.5, 0.6) is 17.4 Å². The first-order chi connectivity index (χ1) is 23.4. The van der Waals surface area contributed by atoms with Gasteiger partial charge in [-0.05, 0) is 29.2 Å². The molecule has 1 amide bonds. The lowest BCUT2D eigenvalue weighted by atomic mass is 9.84. The Morgan fingerprint density at radius 3 is 2.20 bits per heavy atom. The van der Waals surface area contributed by atoms with Crippen molar-refractivity contribution in [2.75, 3.05) is 59.7 Å². The second-order valence-electron chi connectivity index (χ2n) is 13.1. The number of morpholine rings is 2. The monoisotopic (exact) mass is 674 g/mol. The number of aromatic carboxylic acids is 1. The third-order valence-corrected chi connectivity index (χ3v) is 8.60. The Balaban J connectivity index is 0.000000196. The average molecular weight is 675 g/mol. The fraction of sp³-hybridized carbons (Fsp3) is 0.444. The van der Waals surface area contributed by atoms with E-state index in [4.69, 9.17) is 24.7 Å². The predicted molar refractivity (Wildman–Crippen MR) is 184 cm³/mol. The van der Waals surface area contributed by atoms with Crippen LogP contribution in [0.4, 0.5) is 0 Å². The number of nitrogens with zero attached hydrogens (tertiary/aromatic N) is 5. The number of hydrogen-bond donors (Lipinski definition) is 2. The maximum absolute atomic E-state index is 11.8. The number of hydrogen-bond acceptors (Lipinski definition) is 10. The molecule has 2 aliphatic rings. The van der Waals surface area contributed by atoms with E-state index >= 15 is 0 Å². The summed E-state index contributed by atoms with van der Waals surface area (Å²) in [5.74, 6) is 0.824. The van der Waals surface area contributed by atoms with Gasteiger partial charge in [0, 0.05) is 63.0 Å². The molecule has 0 saturated carbocycles. The quantitative estimate of drug-likeness (QED) is 0.262. The molecule has 0 atom stereocenters. The second-order valence-corrected chi connectivity index (χ2v) is 13.1. The number of nitrogens with two attached hydrogens (primary N) is 1. The summed E-state index contributed by atoms with van der Waals surface area (Å²) in [7, 11) is 3.30. The van der Waals surface area contributed by atoms with Gasteiger partial charge < -0.3 is 34.4 Å². The molecule has 2 fully saturated rings. The third-order valence-electron chi connectivity index (χ3n) is 8.60. The SMILES string of the molecule is COc1c(CN2CCOCC2)cc(C(C)(C)C)cc1C(N)=O.Cn1c(C(=O)O)cc2cccc(Oc3ccnc(CN4CCOCC4)n3)c21. The van der Waals surface area contributed by atoms with Crippen LogP contribution in [-0.2, 0) is 35.0 Å². The molecule has 6 rings (SSSR count). The summed E-state index contributed by atoms with van der Waals surface area (Å²) in [6.07, 6.45) is 1.67. The molecule has 2 aromatic heterocycles. The van der Waals surface area contributed by atoms with E-state index in [0.29, 0.717) is 40.8 Å². The first kappa shape index (κ1) is 35.7. The van der Waals surface area contributed by atoms with Gasteiger partial charge in [0.25, 0.3) is 5.91 Å². The molecule has 2 saturated heterocycles. The van der Waals surface area contributed by atoms with Gasteiger partial charge in [-0.15, -0.1) is 0 Å². The molecule has 4 aromatic rings. The Bertz CT molecular complexity index is 1770. The highest BCUT2D eigenvalue weighted by Gasteiger charge is 2.23. The summed E-state index contributed by atoms with van der Waals surface area (Å²) in [5.41, 5.74) is 8.96. The predicted octanol–water partition coefficient (Wildman–Crippen LogP) is 4.21. The van der Waals surface area contributed by atoms with Crippen molar-refractivity contribution in [3.8, 4) is 17.4 Å². The lowest BCUT2D eigenvalue weighted by molar-refractivity contribution is 0.0330. The number of fused-ring (bicyclic) bond motifs is 1. The number of amides is 1. The Hall–Kier alpha value is -4.56. The number of ether oxygens (including phenoxy) is 4. The van der Waals surface area contributed by atoms with Crippen molar-refractivity contribution in [1.29, 1.82) is 0 Å². The van der Waals surface area contributed by atoms with E-state index in [1.165, 1.54) is 0 Å². The van der Waals surface area contributed by atoms with E-state index in [1.54, 1.807) is 43.1 Å². The Morgan fingerprint density at radius 2 is 1.61 bits per heavy atom. The van der Waals surface area contributed by atoms with Crippen LogP contribution in [0.1, 0.15) is 58.6 Å². The summed E-state index contributed by atoms with van der Waals surface area (Å²) in [6.45, 7) is 14.1. The number of aryl methyl sites for hydroxylation is 1. The standard InChI is InChI=1S/C19H20N4O4.C17H26N2O3/c1-22-14(19(24)25)11-13-3-2-4-15(18(13)22)27-17-5-6-20-16(21-17)12-23-7-9-26-10-8-23;1-17(2,3)13-9-12(11-19-5-7-22-8-6-19)15(21-4)14(10-13)16(18)20/h2-6,11H,7-10,12H2,1H3,(H,24,25);9-10H,5-8,11H2,1-4H3,(H2,18,20). The number of methoxy groups -OCH3 is 1. The van der Waals surface area contributed by atoms with Crippen molar-refractivity contribution in [2.45, 2.75) is 39.3 Å². The summed E-state index contributed by atoms with van der Waals surface area (Å²) in [6, 6.07) is 12.8. The number of carbonyl (C=O) groups is 2. The number of rotatable bonds is 9. The van der Waals surface area contributed by atoms with Crippen LogP contribution in [0.3, 0.4) is 0 Å². The van der Waals surface area contributed by atoms with Crippen LogP contribution < -0.4 is 15.2 Å². The van der Waals surface area contributed by atoms with Gasteiger partial charge in [0.2, 0.25) is 5.88 Å². The molecule has 2 aliphatic heterocycles. The van der Waals surface area contributed by atoms with Gasteiger partial charge in [-0.3, -0.25) is 14.6 Å². The number of benzene rings is 2. The fourth-order valence-corrected chi connectivity index (χ4v) is 5.92. The first-order valence-corrected chi connectivity index (χ1v) is 16.4.